The predicted octanol–water partition coefficient (Wildman–Crippen LogP) is 3.61. The summed E-state index contributed by atoms with van der Waals surface area (Å²) < 4.78 is 0. The highest BCUT2D eigenvalue weighted by molar-refractivity contribution is 5.56. The zero-order valence-electron chi connectivity index (χ0n) is 12.1. The molecule has 1 aromatic rings. The van der Waals surface area contributed by atoms with Gasteiger partial charge in [-0.3, -0.25) is 0 Å². The highest BCUT2D eigenvalue weighted by Crippen LogP contribution is 2.38. The van der Waals surface area contributed by atoms with Gasteiger partial charge in [-0.2, -0.15) is 0 Å². The fourth-order valence-corrected chi connectivity index (χ4v) is 4.08. The van der Waals surface area contributed by atoms with Gasteiger partial charge in [0.25, 0.3) is 0 Å². The number of piperidine rings is 1. The van der Waals surface area contributed by atoms with E-state index >= 15 is 0 Å². The molecule has 1 saturated carbocycles. The Morgan fingerprint density at radius 2 is 1.95 bits per heavy atom. The van der Waals surface area contributed by atoms with Crippen molar-refractivity contribution in [2.24, 2.45) is 11.7 Å². The Labute approximate surface area is 117 Å². The highest BCUT2D eigenvalue weighted by Gasteiger charge is 2.33. The number of nitrogens with zero attached hydrogens (tertiary/aromatic N) is 1. The Morgan fingerprint density at radius 3 is 2.79 bits per heavy atom. The molecule has 2 heteroatoms. The fourth-order valence-electron chi connectivity index (χ4n) is 4.08. The van der Waals surface area contributed by atoms with Crippen LogP contribution in [0.25, 0.3) is 0 Å². The molecule has 3 rings (SSSR count). The Bertz CT molecular complexity index is 439. The van der Waals surface area contributed by atoms with Gasteiger partial charge in [0, 0.05) is 24.8 Å². The lowest BCUT2D eigenvalue weighted by molar-refractivity contribution is 0.243. The molecule has 0 amide bonds. The van der Waals surface area contributed by atoms with Crippen LogP contribution >= 0.6 is 0 Å². The van der Waals surface area contributed by atoms with Crippen molar-refractivity contribution in [3.05, 3.63) is 29.3 Å². The molecule has 104 valence electrons. The van der Waals surface area contributed by atoms with E-state index in [4.69, 9.17) is 5.73 Å². The molecular formula is C17H26N2. The standard InChI is InChI=1S/C17H26N2/c1-13-8-9-17(15(11-13)12-18)19-10-4-6-14-5-2-3-7-16(14)19/h8-9,11,14,16H,2-7,10,12,18H2,1H3/t14-,16-/m1/s1. The van der Waals surface area contributed by atoms with Gasteiger partial charge in [-0.15, -0.1) is 0 Å². The first-order valence-electron chi connectivity index (χ1n) is 7.86. The number of benzene rings is 1. The normalized spacial score (nSPS) is 27.2. The van der Waals surface area contributed by atoms with Crippen molar-refractivity contribution in [3.8, 4) is 0 Å². The van der Waals surface area contributed by atoms with E-state index in [0.717, 1.165) is 12.0 Å². The van der Waals surface area contributed by atoms with Crippen LogP contribution in [0.15, 0.2) is 18.2 Å². The van der Waals surface area contributed by atoms with E-state index in [1.165, 1.54) is 61.9 Å². The molecule has 0 spiro atoms. The third-order valence-electron chi connectivity index (χ3n) is 5.01. The first kappa shape index (κ1) is 13.0. The van der Waals surface area contributed by atoms with E-state index in [1.54, 1.807) is 0 Å². The Morgan fingerprint density at radius 1 is 1.16 bits per heavy atom. The molecule has 0 unspecified atom stereocenters. The van der Waals surface area contributed by atoms with Crippen LogP contribution in [0.5, 0.6) is 0 Å². The Hall–Kier alpha value is -1.02. The molecular weight excluding hydrogens is 232 g/mol. The van der Waals surface area contributed by atoms with Crippen LogP contribution in [0, 0.1) is 12.8 Å². The van der Waals surface area contributed by atoms with E-state index in [1.807, 2.05) is 0 Å². The first-order chi connectivity index (χ1) is 9.29. The molecule has 2 nitrogen and oxygen atoms in total. The fraction of sp³-hybridized carbons (Fsp3) is 0.647. The van der Waals surface area contributed by atoms with E-state index in [0.29, 0.717) is 6.54 Å². The lowest BCUT2D eigenvalue weighted by atomic mass is 9.78. The predicted molar refractivity (Wildman–Crippen MR) is 81.4 cm³/mol. The van der Waals surface area contributed by atoms with Gasteiger partial charge < -0.3 is 10.6 Å². The lowest BCUT2D eigenvalue weighted by Crippen LogP contribution is -2.47. The average molecular weight is 258 g/mol. The van der Waals surface area contributed by atoms with Gasteiger partial charge in [-0.1, -0.05) is 30.5 Å². The SMILES string of the molecule is Cc1ccc(N2CCC[C@H]3CCCC[C@H]32)c(CN)c1. The second-order valence-electron chi connectivity index (χ2n) is 6.28. The Kier molecular flexibility index (Phi) is 3.79. The molecule has 2 aliphatic rings. The number of hydrogen-bond acceptors (Lipinski definition) is 2. The van der Waals surface area contributed by atoms with Gasteiger partial charge in [0.2, 0.25) is 0 Å². The zero-order valence-corrected chi connectivity index (χ0v) is 12.1. The van der Waals surface area contributed by atoms with E-state index < -0.39 is 0 Å². The average Bonchev–Trinajstić information content (AvgIpc) is 2.46. The highest BCUT2D eigenvalue weighted by atomic mass is 15.2. The number of anilines is 1. The summed E-state index contributed by atoms with van der Waals surface area (Å²) in [5.74, 6) is 0.925. The van der Waals surface area contributed by atoms with Gasteiger partial charge >= 0.3 is 0 Å². The summed E-state index contributed by atoms with van der Waals surface area (Å²) in [6, 6.07) is 7.58. The van der Waals surface area contributed by atoms with Crippen LogP contribution in [-0.2, 0) is 6.54 Å². The summed E-state index contributed by atoms with van der Waals surface area (Å²) >= 11 is 0. The maximum absolute atomic E-state index is 5.97. The van der Waals surface area contributed by atoms with Gasteiger partial charge in [-0.25, -0.2) is 0 Å². The van der Waals surface area contributed by atoms with Crippen LogP contribution in [0.2, 0.25) is 0 Å². The molecule has 2 fully saturated rings. The van der Waals surface area contributed by atoms with Gasteiger partial charge in [0.15, 0.2) is 0 Å². The molecule has 0 aromatic heterocycles. The van der Waals surface area contributed by atoms with Crippen molar-refractivity contribution in [1.29, 1.82) is 0 Å². The quantitative estimate of drug-likeness (QED) is 0.878. The number of nitrogens with two attached hydrogens (primary N) is 1. The van der Waals surface area contributed by atoms with E-state index in [9.17, 15) is 0 Å². The molecule has 0 radical (unpaired) electrons. The van der Waals surface area contributed by atoms with E-state index in [2.05, 4.69) is 30.0 Å². The van der Waals surface area contributed by atoms with Crippen molar-refractivity contribution in [3.63, 3.8) is 0 Å². The molecule has 1 saturated heterocycles. The summed E-state index contributed by atoms with van der Waals surface area (Å²) in [5.41, 5.74) is 10.0. The molecule has 2 atom stereocenters. The number of hydrogen-bond donors (Lipinski definition) is 1. The van der Waals surface area contributed by atoms with Crippen molar-refractivity contribution < 1.29 is 0 Å². The lowest BCUT2D eigenvalue weighted by Gasteiger charge is -2.46. The van der Waals surface area contributed by atoms with Crippen LogP contribution in [0.3, 0.4) is 0 Å². The number of rotatable bonds is 2. The summed E-state index contributed by atoms with van der Waals surface area (Å²) in [5, 5.41) is 0. The van der Waals surface area contributed by atoms with E-state index in [-0.39, 0.29) is 0 Å². The van der Waals surface area contributed by atoms with Gasteiger partial charge in [-0.05, 0) is 50.2 Å². The van der Waals surface area contributed by atoms with Crippen molar-refractivity contribution in [2.45, 2.75) is 58.0 Å². The van der Waals surface area contributed by atoms with Crippen molar-refractivity contribution >= 4 is 5.69 Å². The molecule has 19 heavy (non-hydrogen) atoms. The molecule has 1 aromatic carbocycles. The monoisotopic (exact) mass is 258 g/mol. The second-order valence-corrected chi connectivity index (χ2v) is 6.28. The minimum atomic E-state index is 0.658. The molecule has 1 aliphatic heterocycles. The van der Waals surface area contributed by atoms with Gasteiger partial charge in [0.1, 0.15) is 0 Å². The summed E-state index contributed by atoms with van der Waals surface area (Å²) in [6.45, 7) is 4.03. The maximum Gasteiger partial charge on any atom is 0.0414 e. The van der Waals surface area contributed by atoms with Crippen LogP contribution in [0.4, 0.5) is 5.69 Å². The second kappa shape index (κ2) is 5.54. The topological polar surface area (TPSA) is 29.3 Å². The largest absolute Gasteiger partial charge is 0.368 e. The zero-order chi connectivity index (χ0) is 13.2. The summed E-state index contributed by atoms with van der Waals surface area (Å²) in [4.78, 5) is 2.68. The van der Waals surface area contributed by atoms with Crippen LogP contribution < -0.4 is 10.6 Å². The minimum Gasteiger partial charge on any atom is -0.368 e. The van der Waals surface area contributed by atoms with Crippen molar-refractivity contribution in [1.82, 2.24) is 0 Å². The summed E-state index contributed by atoms with van der Waals surface area (Å²) in [7, 11) is 0. The van der Waals surface area contributed by atoms with Crippen LogP contribution in [-0.4, -0.2) is 12.6 Å². The molecule has 1 aliphatic carbocycles. The third kappa shape index (κ3) is 2.51. The van der Waals surface area contributed by atoms with Crippen LogP contribution in [0.1, 0.15) is 49.7 Å². The maximum atomic E-state index is 5.97. The van der Waals surface area contributed by atoms with Gasteiger partial charge in [0.05, 0.1) is 0 Å². The molecule has 2 N–H and O–H groups in total. The smallest absolute Gasteiger partial charge is 0.0414 e. The first-order valence-corrected chi connectivity index (χ1v) is 7.86. The number of aryl methyl sites for hydroxylation is 1. The Balaban J connectivity index is 1.91. The molecule has 0 bridgehead atoms. The summed E-state index contributed by atoms with van der Waals surface area (Å²) in [6.07, 6.45) is 8.44. The van der Waals surface area contributed by atoms with Crippen molar-refractivity contribution in [2.75, 3.05) is 11.4 Å². The number of fused-ring (bicyclic) bond motifs is 1. The third-order valence-corrected chi connectivity index (χ3v) is 5.01. The minimum absolute atomic E-state index is 0.658. The molecule has 1 heterocycles.